The molecule has 1 heteroatoms. The average molecular weight is 326 g/mol. The van der Waals surface area contributed by atoms with Crippen LogP contribution >= 0.6 is 0 Å². The fourth-order valence-electron chi connectivity index (χ4n) is 2.11. The molecule has 0 atom stereocenters. The predicted molar refractivity (Wildman–Crippen MR) is 111 cm³/mol. The minimum Gasteiger partial charge on any atom is -0.399 e. The zero-order chi connectivity index (χ0) is 18.9. The maximum atomic E-state index is 5.38. The first-order valence-electron chi connectivity index (χ1n) is 9.81. The lowest BCUT2D eigenvalue weighted by atomic mass is 9.72. The summed E-state index contributed by atoms with van der Waals surface area (Å²) in [6.07, 6.45) is 11.7. The van der Waals surface area contributed by atoms with E-state index < -0.39 is 0 Å². The molecule has 1 rings (SSSR count). The molecule has 1 aliphatic rings. The predicted octanol–water partition coefficient (Wildman–Crippen LogP) is 7.87. The average Bonchev–Trinajstić information content (AvgIpc) is 2.56. The van der Waals surface area contributed by atoms with Crippen molar-refractivity contribution < 1.29 is 0 Å². The fourth-order valence-corrected chi connectivity index (χ4v) is 2.11. The van der Waals surface area contributed by atoms with Crippen molar-refractivity contribution in [3.05, 3.63) is 23.9 Å². The normalized spacial score (nSPS) is 16.7. The molecule has 0 aromatic heterocycles. The summed E-state index contributed by atoms with van der Waals surface area (Å²) in [5.74, 6) is 1.05. The monoisotopic (exact) mass is 325 g/mol. The van der Waals surface area contributed by atoms with Crippen LogP contribution < -0.4 is 5.73 Å². The van der Waals surface area contributed by atoms with Crippen LogP contribution in [-0.2, 0) is 0 Å². The van der Waals surface area contributed by atoms with Crippen molar-refractivity contribution in [1.82, 2.24) is 0 Å². The van der Waals surface area contributed by atoms with Crippen molar-refractivity contribution >= 4 is 0 Å². The van der Waals surface area contributed by atoms with Crippen LogP contribution in [0.4, 0.5) is 0 Å². The Morgan fingerprint density at radius 2 is 1.48 bits per heavy atom. The number of hydrogen-bond acceptors (Lipinski definition) is 1. The van der Waals surface area contributed by atoms with Crippen molar-refractivity contribution in [1.29, 1.82) is 0 Å². The van der Waals surface area contributed by atoms with Crippen LogP contribution in [0, 0.1) is 11.3 Å². The third-order valence-corrected chi connectivity index (χ3v) is 4.34. The molecule has 0 unspecified atom stereocenters. The zero-order valence-corrected chi connectivity index (χ0v) is 17.9. The van der Waals surface area contributed by atoms with E-state index in [0.717, 1.165) is 17.2 Å². The Morgan fingerprint density at radius 1 is 1.09 bits per heavy atom. The molecule has 2 N–H and O–H groups in total. The van der Waals surface area contributed by atoms with Gasteiger partial charge in [-0.2, -0.15) is 0 Å². The molecule has 0 spiro atoms. The summed E-state index contributed by atoms with van der Waals surface area (Å²) >= 11 is 0. The van der Waals surface area contributed by atoms with E-state index in [2.05, 4.69) is 41.2 Å². The van der Waals surface area contributed by atoms with Gasteiger partial charge in [-0.1, -0.05) is 80.4 Å². The van der Waals surface area contributed by atoms with E-state index in [-0.39, 0.29) is 0 Å². The lowest BCUT2D eigenvalue weighted by molar-refractivity contribution is 0.188. The van der Waals surface area contributed by atoms with Crippen molar-refractivity contribution in [3.8, 4) is 0 Å². The summed E-state index contributed by atoms with van der Waals surface area (Å²) in [5.41, 5.74) is 7.75. The van der Waals surface area contributed by atoms with E-state index in [1.165, 1.54) is 44.9 Å². The Bertz CT molecular complexity index is 274. The second kappa shape index (κ2) is 17.6. The zero-order valence-electron chi connectivity index (χ0n) is 17.9. The Hall–Kier alpha value is -0.720. The van der Waals surface area contributed by atoms with E-state index in [1.54, 1.807) is 0 Å². The highest BCUT2D eigenvalue weighted by molar-refractivity contribution is 5.21. The largest absolute Gasteiger partial charge is 0.399 e. The van der Waals surface area contributed by atoms with Gasteiger partial charge in [-0.25, -0.2) is 0 Å². The Morgan fingerprint density at radius 3 is 1.65 bits per heavy atom. The molecule has 0 amide bonds. The molecule has 0 radical (unpaired) electrons. The quantitative estimate of drug-likeness (QED) is 0.525. The lowest BCUT2D eigenvalue weighted by Gasteiger charge is -2.33. The summed E-state index contributed by atoms with van der Waals surface area (Å²) in [6.45, 7) is 22.9. The first-order chi connectivity index (χ1) is 10.7. The number of nitrogens with two attached hydrogens (primary N) is 1. The van der Waals surface area contributed by atoms with E-state index in [0.29, 0.717) is 5.41 Å². The Balaban J connectivity index is -0.000000270. The molecule has 0 aromatic carbocycles. The van der Waals surface area contributed by atoms with Gasteiger partial charge in [0.15, 0.2) is 0 Å². The van der Waals surface area contributed by atoms with Gasteiger partial charge in [0.1, 0.15) is 0 Å². The van der Waals surface area contributed by atoms with Gasteiger partial charge in [0.05, 0.1) is 0 Å². The molecule has 0 heterocycles. The van der Waals surface area contributed by atoms with Gasteiger partial charge in [-0.3, -0.25) is 0 Å². The van der Waals surface area contributed by atoms with Crippen LogP contribution in [0.3, 0.4) is 0 Å². The molecule has 1 saturated carbocycles. The molecule has 0 bridgehead atoms. The molecule has 140 valence electrons. The van der Waals surface area contributed by atoms with Crippen molar-refractivity contribution in [3.63, 3.8) is 0 Å². The smallest absolute Gasteiger partial charge is 0.0294 e. The summed E-state index contributed by atoms with van der Waals surface area (Å²) in [5, 5.41) is 0. The third-order valence-electron chi connectivity index (χ3n) is 4.34. The lowest BCUT2D eigenvalue weighted by Crippen LogP contribution is -2.20. The minimum absolute atomic E-state index is 0.658. The van der Waals surface area contributed by atoms with E-state index >= 15 is 0 Å². The standard InChI is InChI=1S/C10H20.C6H11N.C4H10.C2H6/c1-4-9-5-7-10(2,3)8-6-9;1-4-6(7)5(2)3;1-3-4-2;1-2/h9H,4-8H2,1-3H3;4H,2,7H2,1,3H3;3-4H2,1-2H3;1-2H3/b;6-4+;;. The summed E-state index contributed by atoms with van der Waals surface area (Å²) in [4.78, 5) is 0. The van der Waals surface area contributed by atoms with E-state index in [1.807, 2.05) is 33.8 Å². The van der Waals surface area contributed by atoms with Gasteiger partial charge < -0.3 is 5.73 Å². The van der Waals surface area contributed by atoms with Crippen LogP contribution in [0.2, 0.25) is 0 Å². The van der Waals surface area contributed by atoms with Gasteiger partial charge in [-0.15, -0.1) is 0 Å². The summed E-state index contributed by atoms with van der Waals surface area (Å²) in [6, 6.07) is 0. The topological polar surface area (TPSA) is 26.0 Å². The van der Waals surface area contributed by atoms with Crippen LogP contribution in [-0.4, -0.2) is 0 Å². The first-order valence-corrected chi connectivity index (χ1v) is 9.81. The molecule has 23 heavy (non-hydrogen) atoms. The molecule has 1 aliphatic carbocycles. The highest BCUT2D eigenvalue weighted by Gasteiger charge is 2.25. The summed E-state index contributed by atoms with van der Waals surface area (Å²) in [7, 11) is 0. The van der Waals surface area contributed by atoms with Gasteiger partial charge in [0.2, 0.25) is 0 Å². The number of hydrogen-bond donors (Lipinski definition) is 1. The molecule has 1 nitrogen and oxygen atoms in total. The number of rotatable bonds is 3. The van der Waals surface area contributed by atoms with Crippen LogP contribution in [0.15, 0.2) is 23.9 Å². The van der Waals surface area contributed by atoms with Gasteiger partial charge in [0.25, 0.3) is 0 Å². The van der Waals surface area contributed by atoms with Gasteiger partial charge in [-0.05, 0) is 56.4 Å². The van der Waals surface area contributed by atoms with Crippen LogP contribution in [0.5, 0.6) is 0 Å². The van der Waals surface area contributed by atoms with Crippen LogP contribution in [0.1, 0.15) is 107 Å². The van der Waals surface area contributed by atoms with Crippen molar-refractivity contribution in [2.24, 2.45) is 17.1 Å². The SMILES string of the molecule is C=C(C)/C(N)=C\C.CC.CCC1CCC(C)(C)CC1.CCCC. The Kier molecular flexibility index (Phi) is 20.8. The number of unbranched alkanes of at least 4 members (excludes halogenated alkanes) is 1. The highest BCUT2D eigenvalue weighted by atomic mass is 14.6. The van der Waals surface area contributed by atoms with E-state index in [9.17, 15) is 0 Å². The maximum Gasteiger partial charge on any atom is 0.0294 e. The highest BCUT2D eigenvalue weighted by Crippen LogP contribution is 2.38. The first kappa shape index (κ1) is 27.1. The third kappa shape index (κ3) is 19.2. The van der Waals surface area contributed by atoms with Crippen LogP contribution in [0.25, 0.3) is 0 Å². The van der Waals surface area contributed by atoms with Crippen molar-refractivity contribution in [2.75, 3.05) is 0 Å². The second-order valence-corrected chi connectivity index (χ2v) is 7.04. The molecule has 0 aliphatic heterocycles. The fraction of sp³-hybridized carbons (Fsp3) is 0.818. The molecular formula is C22H47N. The number of allylic oxidation sites excluding steroid dienone is 2. The molecule has 0 aromatic rings. The van der Waals surface area contributed by atoms with Gasteiger partial charge >= 0.3 is 0 Å². The van der Waals surface area contributed by atoms with Crippen molar-refractivity contribution in [2.45, 2.75) is 107 Å². The van der Waals surface area contributed by atoms with Gasteiger partial charge in [0, 0.05) is 5.70 Å². The minimum atomic E-state index is 0.658. The van der Waals surface area contributed by atoms with E-state index in [4.69, 9.17) is 5.73 Å². The maximum absolute atomic E-state index is 5.38. The summed E-state index contributed by atoms with van der Waals surface area (Å²) < 4.78 is 0. The molecular weight excluding hydrogens is 278 g/mol. The second-order valence-electron chi connectivity index (χ2n) is 7.04. The molecule has 1 fully saturated rings. The Labute approximate surface area is 148 Å². The molecule has 0 saturated heterocycles.